The molecular weight excluding hydrogens is 258 g/mol. The molecule has 19 heavy (non-hydrogen) atoms. The number of aromatic nitrogens is 2. The lowest BCUT2D eigenvalue weighted by molar-refractivity contribution is 0.132. The Morgan fingerprint density at radius 3 is 3.16 bits per heavy atom. The summed E-state index contributed by atoms with van der Waals surface area (Å²) >= 11 is 1.82. The molecule has 4 nitrogen and oxygen atoms in total. The summed E-state index contributed by atoms with van der Waals surface area (Å²) in [5.41, 5.74) is 2.54. The maximum atomic E-state index is 5.38. The van der Waals surface area contributed by atoms with Crippen molar-refractivity contribution < 1.29 is 4.74 Å². The van der Waals surface area contributed by atoms with Crippen molar-refractivity contribution in [2.75, 3.05) is 20.3 Å². The van der Waals surface area contributed by atoms with Gasteiger partial charge in [0.25, 0.3) is 0 Å². The minimum atomic E-state index is 0.418. The van der Waals surface area contributed by atoms with E-state index in [2.05, 4.69) is 39.0 Å². The molecule has 2 aromatic rings. The van der Waals surface area contributed by atoms with Gasteiger partial charge in [-0.15, -0.1) is 11.3 Å². The van der Waals surface area contributed by atoms with Gasteiger partial charge in [0, 0.05) is 50.3 Å². The summed E-state index contributed by atoms with van der Waals surface area (Å²) < 4.78 is 7.52. The first-order valence-electron chi connectivity index (χ1n) is 6.51. The molecule has 0 bridgehead atoms. The van der Waals surface area contributed by atoms with Crippen molar-refractivity contribution in [1.29, 1.82) is 0 Å². The highest BCUT2D eigenvalue weighted by Crippen LogP contribution is 2.28. The highest BCUT2D eigenvalue weighted by molar-refractivity contribution is 7.09. The fourth-order valence-corrected chi connectivity index (χ4v) is 3.63. The molecule has 3 heterocycles. The fourth-order valence-electron chi connectivity index (χ4n) is 2.88. The number of ether oxygens (including phenoxy) is 1. The topological polar surface area (TPSA) is 30.3 Å². The van der Waals surface area contributed by atoms with E-state index in [-0.39, 0.29) is 0 Å². The highest BCUT2D eigenvalue weighted by atomic mass is 32.1. The third kappa shape index (κ3) is 2.59. The van der Waals surface area contributed by atoms with Gasteiger partial charge >= 0.3 is 0 Å². The summed E-state index contributed by atoms with van der Waals surface area (Å²) in [6.07, 6.45) is 1.92. The highest BCUT2D eigenvalue weighted by Gasteiger charge is 2.28. The lowest BCUT2D eigenvalue weighted by Crippen LogP contribution is -2.35. The van der Waals surface area contributed by atoms with Crippen LogP contribution in [-0.2, 0) is 24.9 Å². The lowest BCUT2D eigenvalue weighted by Gasteiger charge is -2.32. The Hall–Kier alpha value is -1.17. The van der Waals surface area contributed by atoms with E-state index >= 15 is 0 Å². The molecule has 2 aromatic heterocycles. The molecule has 3 rings (SSSR count). The van der Waals surface area contributed by atoms with Crippen molar-refractivity contribution in [2.45, 2.75) is 19.0 Å². The predicted octanol–water partition coefficient (Wildman–Crippen LogP) is 2.23. The van der Waals surface area contributed by atoms with Gasteiger partial charge in [0.15, 0.2) is 0 Å². The zero-order chi connectivity index (χ0) is 13.2. The Kier molecular flexibility index (Phi) is 3.68. The SMILES string of the molecule is COC[C@H]1CN(Cc2cccs2)Cc2ncn(C)c21. The standard InChI is InChI=1S/C14H19N3OS/c1-16-10-15-13-8-17(7-12-4-3-5-19-12)6-11(9-18-2)14(13)16/h3-5,10-11H,6-9H2,1-2H3/t11-/m1/s1. The first-order valence-corrected chi connectivity index (χ1v) is 7.39. The van der Waals surface area contributed by atoms with E-state index in [0.29, 0.717) is 5.92 Å². The second-order valence-corrected chi connectivity index (χ2v) is 6.12. The molecule has 0 spiro atoms. The second-order valence-electron chi connectivity index (χ2n) is 5.09. The third-order valence-electron chi connectivity index (χ3n) is 3.63. The molecule has 1 aliphatic rings. The molecule has 0 saturated heterocycles. The molecule has 0 radical (unpaired) electrons. The number of imidazole rings is 1. The van der Waals surface area contributed by atoms with Crippen molar-refractivity contribution in [3.63, 3.8) is 0 Å². The Morgan fingerprint density at radius 2 is 2.42 bits per heavy atom. The Balaban J connectivity index is 1.80. The number of rotatable bonds is 4. The summed E-state index contributed by atoms with van der Waals surface area (Å²) in [5, 5.41) is 2.14. The minimum Gasteiger partial charge on any atom is -0.384 e. The van der Waals surface area contributed by atoms with Gasteiger partial charge < -0.3 is 9.30 Å². The average Bonchev–Trinajstić information content (AvgIpc) is 3.00. The average molecular weight is 277 g/mol. The van der Waals surface area contributed by atoms with Crippen LogP contribution in [0.1, 0.15) is 22.2 Å². The maximum Gasteiger partial charge on any atom is 0.0949 e. The van der Waals surface area contributed by atoms with Crippen LogP contribution in [0.15, 0.2) is 23.8 Å². The second kappa shape index (κ2) is 5.45. The molecule has 0 aromatic carbocycles. The van der Waals surface area contributed by atoms with E-state index in [4.69, 9.17) is 4.74 Å². The summed E-state index contributed by atoms with van der Waals surface area (Å²) in [7, 11) is 3.84. The number of fused-ring (bicyclic) bond motifs is 1. The van der Waals surface area contributed by atoms with Gasteiger partial charge in [-0.05, 0) is 11.4 Å². The van der Waals surface area contributed by atoms with Crippen LogP contribution in [0.5, 0.6) is 0 Å². The Labute approximate surface area is 117 Å². The van der Waals surface area contributed by atoms with Gasteiger partial charge in [0.05, 0.1) is 18.6 Å². The molecule has 1 aliphatic heterocycles. The van der Waals surface area contributed by atoms with Gasteiger partial charge in [0.2, 0.25) is 0 Å². The zero-order valence-corrected chi connectivity index (χ0v) is 12.2. The molecule has 1 atom stereocenters. The van der Waals surface area contributed by atoms with E-state index in [1.807, 2.05) is 17.7 Å². The van der Waals surface area contributed by atoms with Gasteiger partial charge in [0.1, 0.15) is 0 Å². The van der Waals surface area contributed by atoms with Gasteiger partial charge in [-0.1, -0.05) is 6.07 Å². The van der Waals surface area contributed by atoms with Crippen LogP contribution in [0, 0.1) is 0 Å². The molecule has 102 valence electrons. The number of thiophene rings is 1. The lowest BCUT2D eigenvalue weighted by atomic mass is 9.99. The van der Waals surface area contributed by atoms with Crippen molar-refractivity contribution in [2.24, 2.45) is 7.05 Å². The first-order chi connectivity index (χ1) is 9.28. The Bertz CT molecular complexity index is 535. The number of methoxy groups -OCH3 is 1. The largest absolute Gasteiger partial charge is 0.384 e. The quantitative estimate of drug-likeness (QED) is 0.858. The zero-order valence-electron chi connectivity index (χ0n) is 11.4. The van der Waals surface area contributed by atoms with E-state index in [1.165, 1.54) is 16.3 Å². The van der Waals surface area contributed by atoms with Crippen molar-refractivity contribution in [1.82, 2.24) is 14.5 Å². The van der Waals surface area contributed by atoms with Crippen LogP contribution < -0.4 is 0 Å². The summed E-state index contributed by atoms with van der Waals surface area (Å²) in [4.78, 5) is 8.41. The van der Waals surface area contributed by atoms with Gasteiger partial charge in [-0.3, -0.25) is 4.90 Å². The van der Waals surface area contributed by atoms with Crippen molar-refractivity contribution >= 4 is 11.3 Å². The van der Waals surface area contributed by atoms with Crippen LogP contribution >= 0.6 is 11.3 Å². The summed E-state index contributed by atoms with van der Waals surface area (Å²) in [6, 6.07) is 4.31. The first kappa shape index (κ1) is 12.8. The van der Waals surface area contributed by atoms with E-state index in [0.717, 1.165) is 26.2 Å². The fraction of sp³-hybridized carbons (Fsp3) is 0.500. The number of nitrogens with zero attached hydrogens (tertiary/aromatic N) is 3. The predicted molar refractivity (Wildman–Crippen MR) is 76.3 cm³/mol. The van der Waals surface area contributed by atoms with Crippen molar-refractivity contribution in [3.05, 3.63) is 40.1 Å². The van der Waals surface area contributed by atoms with Crippen LogP contribution in [0.4, 0.5) is 0 Å². The molecule has 0 amide bonds. The van der Waals surface area contributed by atoms with Gasteiger partial charge in [-0.25, -0.2) is 4.98 Å². The number of hydrogen-bond donors (Lipinski definition) is 0. The van der Waals surface area contributed by atoms with Gasteiger partial charge in [-0.2, -0.15) is 0 Å². The molecular formula is C14H19N3OS. The minimum absolute atomic E-state index is 0.418. The molecule has 0 N–H and O–H groups in total. The third-order valence-corrected chi connectivity index (χ3v) is 4.49. The van der Waals surface area contributed by atoms with E-state index < -0.39 is 0 Å². The van der Waals surface area contributed by atoms with Crippen LogP contribution in [-0.4, -0.2) is 34.7 Å². The monoisotopic (exact) mass is 277 g/mol. The van der Waals surface area contributed by atoms with Crippen molar-refractivity contribution in [3.8, 4) is 0 Å². The smallest absolute Gasteiger partial charge is 0.0949 e. The van der Waals surface area contributed by atoms with E-state index in [9.17, 15) is 0 Å². The molecule has 0 aliphatic carbocycles. The molecule has 5 heteroatoms. The maximum absolute atomic E-state index is 5.38. The number of hydrogen-bond acceptors (Lipinski definition) is 4. The van der Waals surface area contributed by atoms with Crippen LogP contribution in [0.3, 0.4) is 0 Å². The molecule has 0 unspecified atom stereocenters. The molecule has 0 saturated carbocycles. The van der Waals surface area contributed by atoms with Crippen LogP contribution in [0.25, 0.3) is 0 Å². The summed E-state index contributed by atoms with van der Waals surface area (Å²) in [6.45, 7) is 3.74. The Morgan fingerprint density at radius 1 is 1.53 bits per heavy atom. The number of aryl methyl sites for hydroxylation is 1. The van der Waals surface area contributed by atoms with Crippen LogP contribution in [0.2, 0.25) is 0 Å². The normalized spacial score (nSPS) is 19.6. The molecule has 0 fully saturated rings. The summed E-state index contributed by atoms with van der Waals surface area (Å²) in [5.74, 6) is 0.418. The van der Waals surface area contributed by atoms with E-state index in [1.54, 1.807) is 7.11 Å².